The molecule has 0 bridgehead atoms. The van der Waals surface area contributed by atoms with Gasteiger partial charge >= 0.3 is 53.6 Å². The van der Waals surface area contributed by atoms with Crippen LogP contribution in [0.4, 0.5) is 0 Å². The van der Waals surface area contributed by atoms with Gasteiger partial charge in [-0.05, 0) is 0 Å². The summed E-state index contributed by atoms with van der Waals surface area (Å²) < 4.78 is 0.449. The third-order valence-electron chi connectivity index (χ3n) is 0.723. The minimum absolute atomic E-state index is 0.449. The molecule has 0 rings (SSSR count). The third-order valence-corrected chi connectivity index (χ3v) is 3.21. The van der Waals surface area contributed by atoms with Gasteiger partial charge in [0.15, 0.2) is 0 Å². The molecule has 0 fully saturated rings. The second-order valence-corrected chi connectivity index (χ2v) is 5.25. The Hall–Kier alpha value is 0.913. The van der Waals surface area contributed by atoms with Gasteiger partial charge in [-0.15, -0.1) is 0 Å². The van der Waals surface area contributed by atoms with Gasteiger partial charge in [-0.1, -0.05) is 0 Å². The maximum atomic E-state index is 5.67. The van der Waals surface area contributed by atoms with Crippen molar-refractivity contribution < 1.29 is 18.3 Å². The van der Waals surface area contributed by atoms with Crippen LogP contribution in [0.5, 0.6) is 0 Å². The van der Waals surface area contributed by atoms with E-state index in [-0.39, 0.29) is 0 Å². The molecule has 0 heterocycles. The number of rotatable bonds is 1. The molecule has 0 spiro atoms. The van der Waals surface area contributed by atoms with E-state index in [0.29, 0.717) is 9.89 Å². The van der Waals surface area contributed by atoms with Crippen molar-refractivity contribution in [3.63, 3.8) is 0 Å². The zero-order valence-corrected chi connectivity index (χ0v) is 7.96. The van der Waals surface area contributed by atoms with Crippen LogP contribution in [0, 0.1) is 5.92 Å². The predicted octanol–water partition coefficient (Wildman–Crippen LogP) is 1.75. The molecule has 0 aromatic rings. The van der Waals surface area contributed by atoms with Crippen LogP contribution in [0.2, 0.25) is 0 Å². The topological polar surface area (TPSA) is 0 Å². The van der Waals surface area contributed by atoms with Crippen molar-refractivity contribution in [2.24, 2.45) is 5.92 Å². The van der Waals surface area contributed by atoms with Crippen molar-refractivity contribution in [3.05, 3.63) is 0 Å². The van der Waals surface area contributed by atoms with E-state index in [1.165, 1.54) is 18.3 Å². The zero-order valence-electron chi connectivity index (χ0n) is 4.24. The van der Waals surface area contributed by atoms with Gasteiger partial charge < -0.3 is 0 Å². The van der Waals surface area contributed by atoms with Crippen molar-refractivity contribution in [2.45, 2.75) is 17.8 Å². The molecule has 6 heavy (non-hydrogen) atoms. The van der Waals surface area contributed by atoms with Gasteiger partial charge in [0.1, 0.15) is 0 Å². The minimum atomic E-state index is 0.449. The van der Waals surface area contributed by atoms with Crippen LogP contribution in [0.1, 0.15) is 13.8 Å². The van der Waals surface area contributed by atoms with Crippen molar-refractivity contribution in [2.75, 3.05) is 0 Å². The fourth-order valence-electron chi connectivity index (χ4n) is 0. The summed E-state index contributed by atoms with van der Waals surface area (Å²) in [5, 5.41) is 0. The number of halogens is 1. The summed E-state index contributed by atoms with van der Waals surface area (Å²) in [6.07, 6.45) is 0. The van der Waals surface area contributed by atoms with E-state index < -0.39 is 0 Å². The number of hydrogen-bond donors (Lipinski definition) is 0. The molecule has 0 amide bonds. The number of alkyl halides is 1. The molecule has 0 radical (unpaired) electrons. The van der Waals surface area contributed by atoms with Crippen LogP contribution in [-0.4, -0.2) is 3.97 Å². The van der Waals surface area contributed by atoms with E-state index in [1.807, 2.05) is 0 Å². The Bertz CT molecular complexity index is 28.5. The molecule has 0 aliphatic carbocycles. The molecule has 0 nitrogen and oxygen atoms in total. The third kappa shape index (κ3) is 3.12. The van der Waals surface area contributed by atoms with Gasteiger partial charge in [0.25, 0.3) is 0 Å². The van der Waals surface area contributed by atoms with E-state index in [9.17, 15) is 0 Å². The van der Waals surface area contributed by atoms with Crippen LogP contribution in [0.15, 0.2) is 0 Å². The van der Waals surface area contributed by atoms with E-state index >= 15 is 0 Å². The van der Waals surface area contributed by atoms with Gasteiger partial charge in [0, 0.05) is 0 Å². The monoisotopic (exact) mass is 155 g/mol. The van der Waals surface area contributed by atoms with Crippen LogP contribution in [0.25, 0.3) is 0 Å². The van der Waals surface area contributed by atoms with Crippen LogP contribution < -0.4 is 0 Å². The van der Waals surface area contributed by atoms with E-state index in [4.69, 9.17) is 11.6 Å². The Morgan fingerprint density at radius 3 is 1.67 bits per heavy atom. The summed E-state index contributed by atoms with van der Waals surface area (Å²) in [6.45, 7) is 4.28. The first-order valence-corrected chi connectivity index (χ1v) is 4.26. The fourth-order valence-corrected chi connectivity index (χ4v) is 0. The standard InChI is InChI=1S/C4H8Cl.Zn/c1-4(2)3-5;/h3-4H,1-2H3;. The Kier molecular flexibility index (Phi) is 3.44. The molecule has 2 heteroatoms. The van der Waals surface area contributed by atoms with E-state index in [2.05, 4.69) is 13.8 Å². The van der Waals surface area contributed by atoms with Crippen molar-refractivity contribution >= 4 is 11.6 Å². The van der Waals surface area contributed by atoms with Gasteiger partial charge in [-0.3, -0.25) is 0 Å². The predicted molar refractivity (Wildman–Crippen MR) is 24.5 cm³/mol. The molecule has 0 aromatic heterocycles. The average molecular weight is 157 g/mol. The Labute approximate surface area is 53.9 Å². The second kappa shape index (κ2) is 2.99. The summed E-state index contributed by atoms with van der Waals surface area (Å²) in [5.74, 6) is 0.673. The second-order valence-electron chi connectivity index (χ2n) is 1.76. The van der Waals surface area contributed by atoms with E-state index in [1.54, 1.807) is 0 Å². The molecule has 0 aliphatic rings. The van der Waals surface area contributed by atoms with E-state index in [0.717, 1.165) is 0 Å². The Balaban J connectivity index is 2.99. The summed E-state index contributed by atoms with van der Waals surface area (Å²) in [7, 11) is 0. The Morgan fingerprint density at radius 2 is 1.67 bits per heavy atom. The molecule has 33 valence electrons. The summed E-state index contributed by atoms with van der Waals surface area (Å²) in [5.41, 5.74) is 0. The zero-order chi connectivity index (χ0) is 5.15. The van der Waals surface area contributed by atoms with Crippen LogP contribution in [0.3, 0.4) is 0 Å². The van der Waals surface area contributed by atoms with Gasteiger partial charge in [0.2, 0.25) is 0 Å². The molecule has 1 unspecified atom stereocenters. The molecule has 0 saturated carbocycles. The number of hydrogen-bond acceptors (Lipinski definition) is 0. The molecule has 0 saturated heterocycles. The van der Waals surface area contributed by atoms with Crippen molar-refractivity contribution in [1.82, 2.24) is 0 Å². The molecule has 1 atom stereocenters. The quantitative estimate of drug-likeness (QED) is 0.401. The molecular weight excluding hydrogens is 149 g/mol. The summed E-state index contributed by atoms with van der Waals surface area (Å²) in [6, 6.07) is 0. The first kappa shape index (κ1) is 6.91. The van der Waals surface area contributed by atoms with Gasteiger partial charge in [-0.2, -0.15) is 0 Å². The first-order valence-electron chi connectivity index (χ1n) is 2.11. The normalized spacial score (nSPS) is 15.7. The average Bonchev–Trinajstić information content (AvgIpc) is 1.36. The SMILES string of the molecule is CC(C)[CH](Cl)[Zn]. The van der Waals surface area contributed by atoms with Crippen molar-refractivity contribution in [1.29, 1.82) is 0 Å². The molecule has 0 N–H and O–H groups in total. The maximum absolute atomic E-state index is 5.67. The van der Waals surface area contributed by atoms with Crippen molar-refractivity contribution in [3.8, 4) is 0 Å². The van der Waals surface area contributed by atoms with Gasteiger partial charge in [0.05, 0.1) is 0 Å². The molecule has 0 aromatic carbocycles. The molecule has 0 aliphatic heterocycles. The first-order chi connectivity index (χ1) is 2.64. The van der Waals surface area contributed by atoms with Crippen LogP contribution in [-0.2, 0) is 18.3 Å². The summed E-state index contributed by atoms with van der Waals surface area (Å²) >= 11 is 6.88. The van der Waals surface area contributed by atoms with Crippen LogP contribution >= 0.6 is 11.6 Å². The van der Waals surface area contributed by atoms with Gasteiger partial charge in [-0.25, -0.2) is 0 Å². The summed E-state index contributed by atoms with van der Waals surface area (Å²) in [4.78, 5) is 0. The Morgan fingerprint density at radius 1 is 1.50 bits per heavy atom. The molecular formula is C4H8ClZn. The fraction of sp³-hybridized carbons (Fsp3) is 1.00.